The number of nitro benzene ring substituents is 1. The van der Waals surface area contributed by atoms with E-state index in [9.17, 15) is 19.7 Å². The van der Waals surface area contributed by atoms with Gasteiger partial charge >= 0.3 is 0 Å². The van der Waals surface area contributed by atoms with Gasteiger partial charge in [0.1, 0.15) is 5.82 Å². The Kier molecular flexibility index (Phi) is 7.07. The van der Waals surface area contributed by atoms with Crippen molar-refractivity contribution in [2.24, 2.45) is 0 Å². The van der Waals surface area contributed by atoms with Crippen molar-refractivity contribution in [3.05, 3.63) is 80.5 Å². The molecule has 0 saturated heterocycles. The molecule has 0 aliphatic carbocycles. The highest BCUT2D eigenvalue weighted by Crippen LogP contribution is 2.27. The van der Waals surface area contributed by atoms with Gasteiger partial charge in [-0.05, 0) is 37.3 Å². The zero-order valence-corrected chi connectivity index (χ0v) is 20.4. The first-order valence-corrected chi connectivity index (χ1v) is 10.9. The second kappa shape index (κ2) is 9.64. The number of nitrogens with one attached hydrogen (secondary N) is 1. The van der Waals surface area contributed by atoms with Crippen molar-refractivity contribution in [3.8, 4) is 5.69 Å². The van der Waals surface area contributed by atoms with Gasteiger partial charge in [0.05, 0.1) is 22.8 Å². The van der Waals surface area contributed by atoms with E-state index in [2.05, 4.69) is 10.4 Å². The molecule has 1 N–H and O–H groups in total. The quantitative estimate of drug-likeness (QED) is 0.401. The third kappa shape index (κ3) is 5.60. The lowest BCUT2D eigenvalue weighted by Gasteiger charge is -2.17. The molecule has 34 heavy (non-hydrogen) atoms. The van der Waals surface area contributed by atoms with Gasteiger partial charge in [0.25, 0.3) is 11.6 Å². The third-order valence-corrected chi connectivity index (χ3v) is 5.45. The van der Waals surface area contributed by atoms with E-state index >= 15 is 0 Å². The number of carbonyl (C=O) groups is 2. The summed E-state index contributed by atoms with van der Waals surface area (Å²) in [6.45, 7) is 7.39. The van der Waals surface area contributed by atoms with E-state index < -0.39 is 16.7 Å². The van der Waals surface area contributed by atoms with Crippen LogP contribution >= 0.6 is 11.6 Å². The van der Waals surface area contributed by atoms with Crippen molar-refractivity contribution in [2.75, 3.05) is 18.9 Å². The van der Waals surface area contributed by atoms with Crippen molar-refractivity contribution in [3.63, 3.8) is 0 Å². The molecular formula is C24H26ClN5O4. The van der Waals surface area contributed by atoms with Crippen molar-refractivity contribution < 1.29 is 14.5 Å². The van der Waals surface area contributed by atoms with Crippen LogP contribution < -0.4 is 5.32 Å². The lowest BCUT2D eigenvalue weighted by molar-refractivity contribution is -0.385. The molecule has 3 aromatic rings. The van der Waals surface area contributed by atoms with E-state index in [4.69, 9.17) is 11.6 Å². The number of likely N-dealkylation sites (N-methyl/N-ethyl adjacent to an activating group) is 1. The minimum Gasteiger partial charge on any atom is -0.332 e. The number of aromatic nitrogens is 2. The molecule has 0 unspecified atom stereocenters. The van der Waals surface area contributed by atoms with Gasteiger partial charge in [0, 0.05) is 40.7 Å². The number of anilines is 1. The summed E-state index contributed by atoms with van der Waals surface area (Å²) in [5, 5.41) is 19.2. The molecule has 0 spiro atoms. The van der Waals surface area contributed by atoms with Crippen LogP contribution in [0.1, 0.15) is 42.4 Å². The van der Waals surface area contributed by atoms with Gasteiger partial charge in [-0.15, -0.1) is 0 Å². The largest absolute Gasteiger partial charge is 0.332 e. The Hall–Kier alpha value is -3.72. The van der Waals surface area contributed by atoms with Crippen molar-refractivity contribution in [2.45, 2.75) is 33.1 Å². The average Bonchev–Trinajstić information content (AvgIpc) is 3.18. The van der Waals surface area contributed by atoms with E-state index in [1.54, 1.807) is 41.9 Å². The summed E-state index contributed by atoms with van der Waals surface area (Å²) < 4.78 is 1.61. The maximum Gasteiger partial charge on any atom is 0.273 e. The lowest BCUT2D eigenvalue weighted by Crippen LogP contribution is -2.35. The Labute approximate surface area is 202 Å². The Morgan fingerprint density at radius 1 is 1.15 bits per heavy atom. The number of aryl methyl sites for hydroxylation is 1. The number of benzene rings is 2. The molecule has 0 radical (unpaired) electrons. The Morgan fingerprint density at radius 3 is 2.38 bits per heavy atom. The fourth-order valence-electron chi connectivity index (χ4n) is 3.24. The molecule has 1 heterocycles. The first-order valence-electron chi connectivity index (χ1n) is 10.5. The van der Waals surface area contributed by atoms with Crippen LogP contribution in [0.5, 0.6) is 0 Å². The second-order valence-electron chi connectivity index (χ2n) is 9.02. The summed E-state index contributed by atoms with van der Waals surface area (Å²) in [5.41, 5.74) is 1.66. The molecule has 3 rings (SSSR count). The highest BCUT2D eigenvalue weighted by Gasteiger charge is 2.23. The number of nitrogens with zero attached hydrogens (tertiary/aromatic N) is 4. The highest BCUT2D eigenvalue weighted by molar-refractivity contribution is 6.30. The van der Waals surface area contributed by atoms with Gasteiger partial charge < -0.3 is 10.2 Å². The summed E-state index contributed by atoms with van der Waals surface area (Å²) >= 11 is 6.00. The summed E-state index contributed by atoms with van der Waals surface area (Å²) in [6.07, 6.45) is 0. The Morgan fingerprint density at radius 2 is 1.79 bits per heavy atom. The number of rotatable bonds is 6. The molecule has 10 heteroatoms. The molecule has 0 aliphatic rings. The molecule has 0 bridgehead atoms. The topological polar surface area (TPSA) is 110 Å². The van der Waals surface area contributed by atoms with Gasteiger partial charge in [-0.25, -0.2) is 4.68 Å². The zero-order chi connectivity index (χ0) is 25.2. The van der Waals surface area contributed by atoms with Gasteiger partial charge in [-0.3, -0.25) is 19.7 Å². The molecule has 0 fully saturated rings. The fourth-order valence-corrected chi connectivity index (χ4v) is 3.37. The maximum absolute atomic E-state index is 12.8. The summed E-state index contributed by atoms with van der Waals surface area (Å²) in [4.78, 5) is 37.4. The number of hydrogen-bond acceptors (Lipinski definition) is 5. The summed E-state index contributed by atoms with van der Waals surface area (Å²) in [5.74, 6) is -0.489. The monoisotopic (exact) mass is 483 g/mol. The number of nitro groups is 1. The molecule has 2 amide bonds. The maximum atomic E-state index is 12.8. The Balaban J connectivity index is 1.81. The van der Waals surface area contributed by atoms with Crippen LogP contribution in [0, 0.1) is 17.0 Å². The minimum atomic E-state index is -0.538. The van der Waals surface area contributed by atoms with Gasteiger partial charge in [-0.1, -0.05) is 38.4 Å². The second-order valence-corrected chi connectivity index (χ2v) is 9.46. The van der Waals surface area contributed by atoms with Crippen LogP contribution in [0.2, 0.25) is 5.02 Å². The number of carbonyl (C=O) groups excluding carboxylic acids is 2. The molecule has 0 atom stereocenters. The first kappa shape index (κ1) is 24.9. The molecule has 0 aliphatic heterocycles. The Bertz CT molecular complexity index is 1250. The normalized spacial score (nSPS) is 11.2. The zero-order valence-electron chi connectivity index (χ0n) is 19.6. The number of halogens is 1. The summed E-state index contributed by atoms with van der Waals surface area (Å²) in [6, 6.07) is 13.1. The SMILES string of the molecule is Cc1ccc(C(=O)N(C)CC(=O)Nc2cc(C(C)(C)C)nn2-c2ccc(Cl)cc2)cc1[N+](=O)[O-]. The molecule has 9 nitrogen and oxygen atoms in total. The van der Waals surface area contributed by atoms with E-state index in [-0.39, 0.29) is 23.2 Å². The van der Waals surface area contributed by atoms with E-state index in [1.807, 2.05) is 20.8 Å². The number of amides is 2. The van der Waals surface area contributed by atoms with Crippen LogP contribution in [-0.4, -0.2) is 45.0 Å². The molecule has 1 aromatic heterocycles. The smallest absolute Gasteiger partial charge is 0.273 e. The third-order valence-electron chi connectivity index (χ3n) is 5.20. The van der Waals surface area contributed by atoms with Crippen LogP contribution in [0.25, 0.3) is 5.69 Å². The van der Waals surface area contributed by atoms with Crippen molar-refractivity contribution in [1.29, 1.82) is 0 Å². The predicted molar refractivity (Wildman–Crippen MR) is 131 cm³/mol. The van der Waals surface area contributed by atoms with E-state index in [1.165, 1.54) is 30.1 Å². The average molecular weight is 484 g/mol. The standard InChI is InChI=1S/C24H26ClN5O4/c1-15-6-7-16(12-19(15)30(33)34)23(32)28(5)14-22(31)26-21-13-20(24(2,3)4)27-29(21)18-10-8-17(25)9-11-18/h6-13H,14H2,1-5H3,(H,26,31). The highest BCUT2D eigenvalue weighted by atomic mass is 35.5. The van der Waals surface area contributed by atoms with Crippen molar-refractivity contribution >= 4 is 34.9 Å². The van der Waals surface area contributed by atoms with Crippen molar-refractivity contribution in [1.82, 2.24) is 14.7 Å². The van der Waals surface area contributed by atoms with E-state index in [0.29, 0.717) is 22.1 Å². The fraction of sp³-hybridized carbons (Fsp3) is 0.292. The molecule has 2 aromatic carbocycles. The van der Waals surface area contributed by atoms with Gasteiger partial charge in [0.2, 0.25) is 5.91 Å². The molecular weight excluding hydrogens is 458 g/mol. The minimum absolute atomic E-state index is 0.133. The number of hydrogen-bond donors (Lipinski definition) is 1. The van der Waals surface area contributed by atoms with Crippen LogP contribution in [0.15, 0.2) is 48.5 Å². The first-order chi connectivity index (χ1) is 15.9. The van der Waals surface area contributed by atoms with E-state index in [0.717, 1.165) is 5.69 Å². The summed E-state index contributed by atoms with van der Waals surface area (Å²) in [7, 11) is 1.46. The van der Waals surface area contributed by atoms with Crippen LogP contribution in [-0.2, 0) is 10.2 Å². The molecule has 0 saturated carbocycles. The lowest BCUT2D eigenvalue weighted by atomic mass is 9.92. The molecule has 178 valence electrons. The van der Waals surface area contributed by atoms with Gasteiger partial charge in [0.15, 0.2) is 0 Å². The van der Waals surface area contributed by atoms with Gasteiger partial charge in [-0.2, -0.15) is 5.10 Å². The predicted octanol–water partition coefficient (Wildman–Crippen LogP) is 4.75. The van der Waals surface area contributed by atoms with Crippen LogP contribution in [0.4, 0.5) is 11.5 Å². The van der Waals surface area contributed by atoms with Crippen LogP contribution in [0.3, 0.4) is 0 Å².